The third-order valence-electron chi connectivity index (χ3n) is 3.43. The Balaban J connectivity index is 1.80. The Morgan fingerprint density at radius 2 is 1.88 bits per heavy atom. The summed E-state index contributed by atoms with van der Waals surface area (Å²) >= 11 is 1.36. The predicted octanol–water partition coefficient (Wildman–Crippen LogP) is 3.22. The normalized spacial score (nSPS) is 11.4. The quantitative estimate of drug-likeness (QED) is 0.784. The zero-order valence-electron chi connectivity index (χ0n) is 13.3. The Bertz CT molecular complexity index is 990. The highest BCUT2D eigenvalue weighted by Gasteiger charge is 2.09. The molecular formula is C18H14FN3O2S. The van der Waals surface area contributed by atoms with Crippen LogP contribution in [0.3, 0.4) is 0 Å². The van der Waals surface area contributed by atoms with Crippen LogP contribution in [0.15, 0.2) is 65.1 Å². The summed E-state index contributed by atoms with van der Waals surface area (Å²) < 4.78 is 14.7. The second-order valence-electron chi connectivity index (χ2n) is 5.26. The van der Waals surface area contributed by atoms with Crippen molar-refractivity contribution in [3.8, 4) is 0 Å². The number of carbonyl (C=O) groups is 2. The average Bonchev–Trinajstić information content (AvgIpc) is 3.00. The number of benzene rings is 2. The van der Waals surface area contributed by atoms with Crippen LogP contribution in [0.2, 0.25) is 0 Å². The Kier molecular flexibility index (Phi) is 4.85. The monoisotopic (exact) mass is 355 g/mol. The molecule has 0 aliphatic heterocycles. The maximum atomic E-state index is 12.9. The summed E-state index contributed by atoms with van der Waals surface area (Å²) in [5.74, 6) is -1.19. The summed E-state index contributed by atoms with van der Waals surface area (Å²) in [4.78, 5) is 29.1. The summed E-state index contributed by atoms with van der Waals surface area (Å²) in [5.41, 5.74) is 1.16. The van der Waals surface area contributed by atoms with Crippen LogP contribution in [0.4, 0.5) is 10.1 Å². The molecule has 25 heavy (non-hydrogen) atoms. The molecule has 0 spiro atoms. The topological polar surface area (TPSA) is 63.5 Å². The van der Waals surface area contributed by atoms with Crippen LogP contribution in [0, 0.1) is 5.82 Å². The van der Waals surface area contributed by atoms with E-state index in [0.29, 0.717) is 21.6 Å². The lowest BCUT2D eigenvalue weighted by Crippen LogP contribution is -2.14. The fourth-order valence-electron chi connectivity index (χ4n) is 2.12. The lowest BCUT2D eigenvalue weighted by atomic mass is 10.1. The maximum absolute atomic E-state index is 12.9. The van der Waals surface area contributed by atoms with Gasteiger partial charge in [0.2, 0.25) is 0 Å². The zero-order valence-corrected chi connectivity index (χ0v) is 14.1. The number of anilines is 1. The Labute approximate surface area is 147 Å². The minimum Gasteiger partial charge on any atom is -0.327 e. The van der Waals surface area contributed by atoms with Gasteiger partial charge in [-0.05, 0) is 42.5 Å². The third-order valence-corrected chi connectivity index (χ3v) is 4.28. The van der Waals surface area contributed by atoms with Crippen LogP contribution in [-0.2, 0) is 7.05 Å². The van der Waals surface area contributed by atoms with Crippen molar-refractivity contribution in [3.05, 3.63) is 81.9 Å². The standard InChI is InChI=1S/C18H14FN3O2S/c1-22-9-10-25-18(22)21-17(24)13-3-2-4-15(11-13)20-16(23)12-5-7-14(19)8-6-12/h2-11H,1H3,(H,20,23). The molecule has 0 unspecified atom stereocenters. The number of aromatic nitrogens is 1. The SMILES string of the molecule is Cn1ccsc1=NC(=O)c1cccc(NC(=O)c2ccc(F)cc2)c1. The first-order chi connectivity index (χ1) is 12.0. The van der Waals surface area contributed by atoms with E-state index in [4.69, 9.17) is 0 Å². The highest BCUT2D eigenvalue weighted by atomic mass is 32.1. The van der Waals surface area contributed by atoms with Gasteiger partial charge in [-0.3, -0.25) is 9.59 Å². The molecule has 3 rings (SSSR count). The van der Waals surface area contributed by atoms with Gasteiger partial charge < -0.3 is 9.88 Å². The molecule has 0 saturated carbocycles. The predicted molar refractivity (Wildman–Crippen MR) is 94.0 cm³/mol. The number of nitrogens with one attached hydrogen (secondary N) is 1. The second-order valence-corrected chi connectivity index (χ2v) is 6.13. The molecule has 2 amide bonds. The average molecular weight is 355 g/mol. The van der Waals surface area contributed by atoms with Gasteiger partial charge >= 0.3 is 0 Å². The molecule has 0 aliphatic carbocycles. The lowest BCUT2D eigenvalue weighted by Gasteiger charge is -2.06. The Hall–Kier alpha value is -3.06. The van der Waals surface area contributed by atoms with E-state index >= 15 is 0 Å². The summed E-state index contributed by atoms with van der Waals surface area (Å²) in [6.07, 6.45) is 1.82. The number of thiazole rings is 1. The number of hydrogen-bond donors (Lipinski definition) is 1. The number of aryl methyl sites for hydroxylation is 1. The van der Waals surface area contributed by atoms with Gasteiger partial charge in [0.25, 0.3) is 11.8 Å². The van der Waals surface area contributed by atoms with Gasteiger partial charge in [-0.15, -0.1) is 11.3 Å². The van der Waals surface area contributed by atoms with E-state index in [1.54, 1.807) is 28.8 Å². The first kappa shape index (κ1) is 16.8. The number of nitrogens with zero attached hydrogens (tertiary/aromatic N) is 2. The van der Waals surface area contributed by atoms with E-state index in [-0.39, 0.29) is 5.91 Å². The van der Waals surface area contributed by atoms with Gasteiger partial charge in [-0.25, -0.2) is 4.39 Å². The molecule has 0 saturated heterocycles. The molecule has 0 atom stereocenters. The third kappa shape index (κ3) is 4.07. The Morgan fingerprint density at radius 3 is 2.56 bits per heavy atom. The van der Waals surface area contributed by atoms with Crippen molar-refractivity contribution in [2.24, 2.45) is 12.0 Å². The lowest BCUT2D eigenvalue weighted by molar-refractivity contribution is 0.0994. The summed E-state index contributed by atoms with van der Waals surface area (Å²) in [5, 5.41) is 4.52. The molecule has 7 heteroatoms. The van der Waals surface area contributed by atoms with Crippen molar-refractivity contribution in [2.75, 3.05) is 5.32 Å². The fraction of sp³-hybridized carbons (Fsp3) is 0.0556. The van der Waals surface area contributed by atoms with Crippen molar-refractivity contribution >= 4 is 28.8 Å². The van der Waals surface area contributed by atoms with Crippen LogP contribution < -0.4 is 10.1 Å². The zero-order chi connectivity index (χ0) is 17.8. The van der Waals surface area contributed by atoms with E-state index in [2.05, 4.69) is 10.3 Å². The van der Waals surface area contributed by atoms with E-state index in [1.807, 2.05) is 18.6 Å². The molecular weight excluding hydrogens is 341 g/mol. The molecule has 0 aliphatic rings. The number of amides is 2. The van der Waals surface area contributed by atoms with Gasteiger partial charge in [0.05, 0.1) is 0 Å². The van der Waals surface area contributed by atoms with E-state index in [1.165, 1.54) is 35.6 Å². The fourth-order valence-corrected chi connectivity index (χ4v) is 2.85. The molecule has 5 nitrogen and oxygen atoms in total. The van der Waals surface area contributed by atoms with Gasteiger partial charge in [-0.2, -0.15) is 4.99 Å². The van der Waals surface area contributed by atoms with E-state index in [9.17, 15) is 14.0 Å². The van der Waals surface area contributed by atoms with E-state index < -0.39 is 11.7 Å². The van der Waals surface area contributed by atoms with Crippen LogP contribution in [0.25, 0.3) is 0 Å². The van der Waals surface area contributed by atoms with Crippen LogP contribution >= 0.6 is 11.3 Å². The largest absolute Gasteiger partial charge is 0.327 e. The number of halogens is 1. The summed E-state index contributed by atoms with van der Waals surface area (Å²) in [6, 6.07) is 11.7. The minimum atomic E-state index is -0.410. The van der Waals surface area contributed by atoms with Crippen molar-refractivity contribution < 1.29 is 14.0 Å². The second kappa shape index (κ2) is 7.23. The first-order valence-electron chi connectivity index (χ1n) is 7.39. The van der Waals surface area contributed by atoms with E-state index in [0.717, 1.165) is 0 Å². The smallest absolute Gasteiger partial charge is 0.279 e. The molecule has 0 radical (unpaired) electrons. The first-order valence-corrected chi connectivity index (χ1v) is 8.27. The highest BCUT2D eigenvalue weighted by molar-refractivity contribution is 7.07. The van der Waals surface area contributed by atoms with Crippen LogP contribution in [0.1, 0.15) is 20.7 Å². The summed E-state index contributed by atoms with van der Waals surface area (Å²) in [7, 11) is 1.81. The number of rotatable bonds is 3. The number of hydrogen-bond acceptors (Lipinski definition) is 3. The molecule has 1 aromatic heterocycles. The molecule has 1 heterocycles. The van der Waals surface area contributed by atoms with Crippen molar-refractivity contribution in [3.63, 3.8) is 0 Å². The molecule has 2 aromatic carbocycles. The van der Waals surface area contributed by atoms with Gasteiger partial charge in [-0.1, -0.05) is 6.07 Å². The van der Waals surface area contributed by atoms with Crippen molar-refractivity contribution in [1.29, 1.82) is 0 Å². The van der Waals surface area contributed by atoms with Crippen LogP contribution in [0.5, 0.6) is 0 Å². The van der Waals surface area contributed by atoms with Gasteiger partial charge in [0, 0.05) is 35.4 Å². The molecule has 3 aromatic rings. The molecule has 1 N–H and O–H groups in total. The van der Waals surface area contributed by atoms with Crippen molar-refractivity contribution in [1.82, 2.24) is 4.57 Å². The van der Waals surface area contributed by atoms with Crippen LogP contribution in [-0.4, -0.2) is 16.4 Å². The molecule has 0 fully saturated rings. The minimum absolute atomic E-state index is 0.327. The maximum Gasteiger partial charge on any atom is 0.279 e. The molecule has 0 bridgehead atoms. The van der Waals surface area contributed by atoms with Crippen molar-refractivity contribution in [2.45, 2.75) is 0 Å². The highest BCUT2D eigenvalue weighted by Crippen LogP contribution is 2.13. The number of carbonyl (C=O) groups excluding carboxylic acids is 2. The van der Waals surface area contributed by atoms with Gasteiger partial charge in [0.1, 0.15) is 5.82 Å². The summed E-state index contributed by atoms with van der Waals surface area (Å²) in [6.45, 7) is 0. The Morgan fingerprint density at radius 1 is 1.12 bits per heavy atom. The van der Waals surface area contributed by atoms with Gasteiger partial charge in [0.15, 0.2) is 4.80 Å². The molecule has 126 valence electrons.